The highest BCUT2D eigenvalue weighted by Gasteiger charge is 1.87. The Kier molecular flexibility index (Phi) is 7.35. The van der Waals surface area contributed by atoms with Crippen molar-refractivity contribution in [3.63, 3.8) is 0 Å². The number of ether oxygens (including phenoxy) is 1. The molecule has 0 aliphatic heterocycles. The number of rotatable bonds is 5. The van der Waals surface area contributed by atoms with Crippen LogP contribution in [0.4, 0.5) is 0 Å². The lowest BCUT2D eigenvalue weighted by atomic mass is 10.2. The second-order valence-corrected chi connectivity index (χ2v) is 2.38. The number of hydrogen-bond acceptors (Lipinski definition) is 2. The molecular formula is C10H16O2. The van der Waals surface area contributed by atoms with E-state index in [0.717, 1.165) is 19.3 Å². The summed E-state index contributed by atoms with van der Waals surface area (Å²) in [5, 5.41) is 0. The maximum Gasteiger partial charge on any atom is 0.330 e. The molecule has 2 nitrogen and oxygen atoms in total. The number of methoxy groups -OCH3 is 1. The normalized spacial score (nSPS) is 11.2. The van der Waals surface area contributed by atoms with E-state index < -0.39 is 0 Å². The molecule has 0 saturated carbocycles. The molecule has 0 N–H and O–H groups in total. The van der Waals surface area contributed by atoms with Gasteiger partial charge in [0.25, 0.3) is 0 Å². The van der Waals surface area contributed by atoms with Gasteiger partial charge in [0.2, 0.25) is 0 Å². The largest absolute Gasteiger partial charge is 0.466 e. The Labute approximate surface area is 73.9 Å². The van der Waals surface area contributed by atoms with Gasteiger partial charge in [-0.25, -0.2) is 4.79 Å². The molecule has 0 heterocycles. The average molecular weight is 168 g/mol. The Morgan fingerprint density at radius 3 is 2.50 bits per heavy atom. The van der Waals surface area contributed by atoms with Gasteiger partial charge in [0.1, 0.15) is 0 Å². The maximum atomic E-state index is 10.6. The zero-order valence-corrected chi connectivity index (χ0v) is 7.75. The van der Waals surface area contributed by atoms with Gasteiger partial charge in [-0.1, -0.05) is 25.2 Å². The Balaban J connectivity index is 3.36. The predicted octanol–water partition coefficient (Wildman–Crippen LogP) is 2.46. The van der Waals surface area contributed by atoms with E-state index in [1.807, 2.05) is 6.08 Å². The summed E-state index contributed by atoms with van der Waals surface area (Å²) in [5.74, 6) is -0.283. The molecule has 0 aliphatic rings. The molecule has 0 unspecified atom stereocenters. The van der Waals surface area contributed by atoms with Crippen LogP contribution in [-0.4, -0.2) is 13.1 Å². The smallest absolute Gasteiger partial charge is 0.330 e. The number of unbranched alkanes of at least 4 members (excludes halogenated alkanes) is 1. The number of allylic oxidation sites excluding steroid dienone is 3. The lowest BCUT2D eigenvalue weighted by Crippen LogP contribution is -1.93. The minimum absolute atomic E-state index is 0.283. The summed E-state index contributed by atoms with van der Waals surface area (Å²) >= 11 is 0. The van der Waals surface area contributed by atoms with Gasteiger partial charge in [-0.3, -0.25) is 0 Å². The fourth-order valence-electron chi connectivity index (χ4n) is 0.725. The van der Waals surface area contributed by atoms with Gasteiger partial charge in [-0.15, -0.1) is 0 Å². The summed E-state index contributed by atoms with van der Waals surface area (Å²) in [6.45, 7) is 2.10. The molecular weight excluding hydrogens is 152 g/mol. The molecule has 0 amide bonds. The van der Waals surface area contributed by atoms with Crippen molar-refractivity contribution in [1.82, 2.24) is 0 Å². The number of esters is 1. The maximum absolute atomic E-state index is 10.6. The first-order valence-electron chi connectivity index (χ1n) is 4.20. The summed E-state index contributed by atoms with van der Waals surface area (Å²) in [4.78, 5) is 10.6. The molecule has 68 valence electrons. The first kappa shape index (κ1) is 11.0. The van der Waals surface area contributed by atoms with E-state index in [-0.39, 0.29) is 5.97 Å². The molecule has 0 aromatic heterocycles. The molecule has 0 radical (unpaired) electrons. The van der Waals surface area contributed by atoms with Gasteiger partial charge in [-0.05, 0) is 19.3 Å². The standard InChI is InChI=1S/C10H16O2/c1-3-4-5-6-7-8-9-10(11)12-2/h4-5,8-9H,3,6-7H2,1-2H3/b5-4+,9-8+. The van der Waals surface area contributed by atoms with Gasteiger partial charge in [0.15, 0.2) is 0 Å². The monoisotopic (exact) mass is 168 g/mol. The first-order valence-corrected chi connectivity index (χ1v) is 4.20. The zero-order chi connectivity index (χ0) is 9.23. The van der Waals surface area contributed by atoms with Crippen molar-refractivity contribution in [3.8, 4) is 0 Å². The SMILES string of the molecule is CC/C=C/CC/C=C/C(=O)OC. The quantitative estimate of drug-likeness (QED) is 0.273. The van der Waals surface area contributed by atoms with E-state index in [9.17, 15) is 4.79 Å². The molecule has 2 heteroatoms. The molecule has 0 aromatic rings. The molecule has 0 saturated heterocycles. The Morgan fingerprint density at radius 2 is 1.92 bits per heavy atom. The average Bonchev–Trinajstić information content (AvgIpc) is 2.10. The van der Waals surface area contributed by atoms with E-state index in [1.54, 1.807) is 0 Å². The molecule has 0 fully saturated rings. The summed E-state index contributed by atoms with van der Waals surface area (Å²) in [5.41, 5.74) is 0. The van der Waals surface area contributed by atoms with Crippen LogP contribution in [0.3, 0.4) is 0 Å². The molecule has 0 aliphatic carbocycles. The van der Waals surface area contributed by atoms with Crippen molar-refractivity contribution < 1.29 is 9.53 Å². The lowest BCUT2D eigenvalue weighted by Gasteiger charge is -1.88. The predicted molar refractivity (Wildman–Crippen MR) is 49.8 cm³/mol. The molecule has 0 bridgehead atoms. The zero-order valence-electron chi connectivity index (χ0n) is 7.75. The minimum Gasteiger partial charge on any atom is -0.466 e. The van der Waals surface area contributed by atoms with Crippen molar-refractivity contribution in [2.75, 3.05) is 7.11 Å². The van der Waals surface area contributed by atoms with Crippen LogP contribution in [0, 0.1) is 0 Å². The summed E-state index contributed by atoms with van der Waals surface area (Å²) < 4.78 is 4.43. The molecule has 0 spiro atoms. The lowest BCUT2D eigenvalue weighted by molar-refractivity contribution is -0.134. The minimum atomic E-state index is -0.283. The number of carbonyl (C=O) groups is 1. The Morgan fingerprint density at radius 1 is 1.25 bits per heavy atom. The van der Waals surface area contributed by atoms with E-state index in [1.165, 1.54) is 13.2 Å². The second kappa shape index (κ2) is 8.05. The fraction of sp³-hybridized carbons (Fsp3) is 0.500. The molecule has 0 atom stereocenters. The first-order chi connectivity index (χ1) is 5.81. The van der Waals surface area contributed by atoms with Gasteiger partial charge >= 0.3 is 5.97 Å². The molecule has 12 heavy (non-hydrogen) atoms. The van der Waals surface area contributed by atoms with E-state index >= 15 is 0 Å². The van der Waals surface area contributed by atoms with Crippen molar-refractivity contribution >= 4 is 5.97 Å². The van der Waals surface area contributed by atoms with Crippen LogP contribution in [0.15, 0.2) is 24.3 Å². The van der Waals surface area contributed by atoms with Crippen molar-refractivity contribution in [3.05, 3.63) is 24.3 Å². The topological polar surface area (TPSA) is 26.3 Å². The van der Waals surface area contributed by atoms with Crippen molar-refractivity contribution in [2.45, 2.75) is 26.2 Å². The van der Waals surface area contributed by atoms with E-state index in [2.05, 4.69) is 23.8 Å². The van der Waals surface area contributed by atoms with Crippen LogP contribution in [0.1, 0.15) is 26.2 Å². The Bertz CT molecular complexity index is 169. The molecule has 0 aromatic carbocycles. The Hall–Kier alpha value is -1.05. The van der Waals surface area contributed by atoms with Crippen LogP contribution < -0.4 is 0 Å². The number of hydrogen-bond donors (Lipinski definition) is 0. The van der Waals surface area contributed by atoms with Crippen LogP contribution in [-0.2, 0) is 9.53 Å². The van der Waals surface area contributed by atoms with Crippen LogP contribution in [0.25, 0.3) is 0 Å². The third-order valence-corrected chi connectivity index (χ3v) is 1.36. The van der Waals surface area contributed by atoms with Crippen molar-refractivity contribution in [1.29, 1.82) is 0 Å². The molecule has 0 rings (SSSR count). The van der Waals surface area contributed by atoms with Crippen LogP contribution in [0.5, 0.6) is 0 Å². The van der Waals surface area contributed by atoms with Gasteiger partial charge in [-0.2, -0.15) is 0 Å². The second-order valence-electron chi connectivity index (χ2n) is 2.38. The van der Waals surface area contributed by atoms with Crippen LogP contribution >= 0.6 is 0 Å². The number of carbonyl (C=O) groups excluding carboxylic acids is 1. The fourth-order valence-corrected chi connectivity index (χ4v) is 0.725. The van der Waals surface area contributed by atoms with Gasteiger partial charge in [0.05, 0.1) is 7.11 Å². The van der Waals surface area contributed by atoms with Gasteiger partial charge < -0.3 is 4.74 Å². The summed E-state index contributed by atoms with van der Waals surface area (Å²) in [7, 11) is 1.38. The van der Waals surface area contributed by atoms with Crippen molar-refractivity contribution in [2.24, 2.45) is 0 Å². The van der Waals surface area contributed by atoms with Crippen LogP contribution in [0.2, 0.25) is 0 Å². The third-order valence-electron chi connectivity index (χ3n) is 1.36. The van der Waals surface area contributed by atoms with E-state index in [4.69, 9.17) is 0 Å². The highest BCUT2D eigenvalue weighted by molar-refractivity contribution is 5.81. The highest BCUT2D eigenvalue weighted by Crippen LogP contribution is 1.94. The highest BCUT2D eigenvalue weighted by atomic mass is 16.5. The summed E-state index contributed by atoms with van der Waals surface area (Å²) in [6.07, 6.45) is 10.5. The third kappa shape index (κ3) is 7.06. The summed E-state index contributed by atoms with van der Waals surface area (Å²) in [6, 6.07) is 0. The van der Waals surface area contributed by atoms with E-state index in [0.29, 0.717) is 0 Å². The van der Waals surface area contributed by atoms with Gasteiger partial charge in [0, 0.05) is 6.08 Å².